The molecular weight excluding hydrogens is 205 g/mol. The summed E-state index contributed by atoms with van der Waals surface area (Å²) in [7, 11) is 0. The molecule has 8 heteroatoms. The Morgan fingerprint density at radius 3 is 2.64 bits per heavy atom. The van der Waals surface area contributed by atoms with E-state index >= 15 is 0 Å². The van der Waals surface area contributed by atoms with E-state index in [9.17, 15) is 22.8 Å². The first kappa shape index (κ1) is 10.4. The summed E-state index contributed by atoms with van der Waals surface area (Å²) in [4.78, 5) is 21.0. The molecule has 0 aliphatic carbocycles. The molecule has 0 aromatic carbocycles. The lowest BCUT2D eigenvalue weighted by Crippen LogP contribution is -2.33. The van der Waals surface area contributed by atoms with Gasteiger partial charge in [0, 0.05) is 6.08 Å². The molecule has 0 amide bonds. The second-order valence-electron chi connectivity index (χ2n) is 2.20. The number of azo groups is 1. The number of carbonyl (C=O) groups excluding carboxylic acids is 2. The fourth-order valence-electron chi connectivity index (χ4n) is 0.595. The first-order chi connectivity index (χ1) is 6.41. The Balaban J connectivity index is 2.62. The van der Waals surface area contributed by atoms with Gasteiger partial charge in [-0.25, -0.2) is 4.79 Å². The molecule has 5 nitrogen and oxygen atoms in total. The van der Waals surface area contributed by atoms with Gasteiger partial charge in [-0.15, -0.1) is 5.11 Å². The molecule has 0 saturated heterocycles. The Morgan fingerprint density at radius 2 is 2.14 bits per heavy atom. The van der Waals surface area contributed by atoms with Gasteiger partial charge in [-0.3, -0.25) is 4.79 Å². The molecule has 0 bridgehead atoms. The van der Waals surface area contributed by atoms with E-state index in [1.807, 2.05) is 0 Å². The largest absolute Gasteiger partial charge is 0.491 e. The van der Waals surface area contributed by atoms with E-state index < -0.39 is 24.2 Å². The Hall–Kier alpha value is -1.73. The van der Waals surface area contributed by atoms with Crippen LogP contribution in [-0.4, -0.2) is 24.2 Å². The maximum atomic E-state index is 11.7. The maximum Gasteiger partial charge on any atom is 0.491 e. The summed E-state index contributed by atoms with van der Waals surface area (Å²) >= 11 is 0. The second kappa shape index (κ2) is 3.56. The molecule has 1 aliphatic heterocycles. The van der Waals surface area contributed by atoms with E-state index in [0.29, 0.717) is 0 Å². The van der Waals surface area contributed by atoms with Crippen molar-refractivity contribution in [2.45, 2.75) is 12.4 Å². The Bertz CT molecular complexity index is 321. The quantitative estimate of drug-likeness (QED) is 0.603. The highest BCUT2D eigenvalue weighted by Crippen LogP contribution is 2.18. The van der Waals surface area contributed by atoms with Crippen molar-refractivity contribution in [1.82, 2.24) is 0 Å². The highest BCUT2D eigenvalue weighted by atomic mass is 19.4. The Kier molecular flexibility index (Phi) is 2.63. The van der Waals surface area contributed by atoms with Crippen LogP contribution < -0.4 is 0 Å². The standard InChI is InChI=1S/C6H3F3N2O3/c7-6(8,9)5(13)14-4-3(12)1-2-10-11-4/h1-2,4H. The Morgan fingerprint density at radius 1 is 1.50 bits per heavy atom. The first-order valence-corrected chi connectivity index (χ1v) is 3.29. The van der Waals surface area contributed by atoms with Crippen LogP contribution in [0.1, 0.15) is 0 Å². The molecule has 0 N–H and O–H groups in total. The average molecular weight is 208 g/mol. The molecule has 0 saturated carbocycles. The molecule has 0 radical (unpaired) electrons. The number of rotatable bonds is 1. The number of ketones is 1. The highest BCUT2D eigenvalue weighted by molar-refractivity contribution is 5.95. The van der Waals surface area contributed by atoms with E-state index in [1.165, 1.54) is 0 Å². The van der Waals surface area contributed by atoms with Crippen LogP contribution in [0.2, 0.25) is 0 Å². The van der Waals surface area contributed by atoms with Crippen molar-refractivity contribution >= 4 is 11.8 Å². The zero-order valence-corrected chi connectivity index (χ0v) is 6.49. The van der Waals surface area contributed by atoms with Crippen LogP contribution in [-0.2, 0) is 14.3 Å². The molecule has 76 valence electrons. The van der Waals surface area contributed by atoms with Crippen molar-refractivity contribution in [3.8, 4) is 0 Å². The zero-order valence-electron chi connectivity index (χ0n) is 6.49. The summed E-state index contributed by atoms with van der Waals surface area (Å²) < 4.78 is 38.7. The Labute approximate surface area is 75.2 Å². The third-order valence-corrected chi connectivity index (χ3v) is 1.17. The monoisotopic (exact) mass is 208 g/mol. The first-order valence-electron chi connectivity index (χ1n) is 3.29. The maximum absolute atomic E-state index is 11.7. The minimum atomic E-state index is -5.14. The van der Waals surface area contributed by atoms with Gasteiger partial charge in [0.1, 0.15) is 0 Å². The van der Waals surface area contributed by atoms with Crippen molar-refractivity contribution in [3.63, 3.8) is 0 Å². The highest BCUT2D eigenvalue weighted by Gasteiger charge is 2.43. The number of carbonyl (C=O) groups is 2. The fraction of sp³-hybridized carbons (Fsp3) is 0.333. The minimum absolute atomic E-state index is 0.862. The predicted octanol–water partition coefficient (Wildman–Crippen LogP) is 0.967. The van der Waals surface area contributed by atoms with E-state index in [0.717, 1.165) is 12.3 Å². The van der Waals surface area contributed by atoms with Gasteiger partial charge in [-0.1, -0.05) is 0 Å². The molecule has 14 heavy (non-hydrogen) atoms. The van der Waals surface area contributed by atoms with Crippen LogP contribution in [0.25, 0.3) is 0 Å². The molecule has 0 fully saturated rings. The van der Waals surface area contributed by atoms with E-state index in [2.05, 4.69) is 15.0 Å². The number of alkyl halides is 3. The lowest BCUT2D eigenvalue weighted by Gasteiger charge is -2.12. The smallest absolute Gasteiger partial charge is 0.423 e. The molecule has 0 aromatic heterocycles. The summed E-state index contributed by atoms with van der Waals surface area (Å²) in [5.74, 6) is -3.33. The third kappa shape index (κ3) is 2.38. The summed E-state index contributed by atoms with van der Waals surface area (Å²) in [6.45, 7) is 0. The van der Waals surface area contributed by atoms with Gasteiger partial charge in [-0.2, -0.15) is 18.3 Å². The summed E-state index contributed by atoms with van der Waals surface area (Å²) in [6, 6.07) is 0. The van der Waals surface area contributed by atoms with Crippen LogP contribution >= 0.6 is 0 Å². The van der Waals surface area contributed by atoms with Crippen LogP contribution in [0.15, 0.2) is 22.5 Å². The van der Waals surface area contributed by atoms with Crippen LogP contribution in [0.4, 0.5) is 13.2 Å². The number of halogens is 3. The van der Waals surface area contributed by atoms with Gasteiger partial charge in [-0.05, 0) is 0 Å². The number of ether oxygens (including phenoxy) is 1. The van der Waals surface area contributed by atoms with E-state index in [1.54, 1.807) is 0 Å². The van der Waals surface area contributed by atoms with Crippen LogP contribution in [0.3, 0.4) is 0 Å². The molecule has 0 spiro atoms. The van der Waals surface area contributed by atoms with Gasteiger partial charge in [0.2, 0.25) is 5.78 Å². The SMILES string of the molecule is O=C1C=CN=NC1OC(=O)C(F)(F)F. The number of hydrogen-bond donors (Lipinski definition) is 0. The van der Waals surface area contributed by atoms with Crippen molar-refractivity contribution in [1.29, 1.82) is 0 Å². The predicted molar refractivity (Wildman–Crippen MR) is 34.9 cm³/mol. The normalized spacial score (nSPS) is 21.1. The fourth-order valence-corrected chi connectivity index (χ4v) is 0.595. The molecule has 0 aromatic rings. The second-order valence-corrected chi connectivity index (χ2v) is 2.20. The van der Waals surface area contributed by atoms with Crippen LogP contribution in [0, 0.1) is 0 Å². The minimum Gasteiger partial charge on any atom is -0.423 e. The van der Waals surface area contributed by atoms with E-state index in [-0.39, 0.29) is 0 Å². The van der Waals surface area contributed by atoms with Crippen LogP contribution in [0.5, 0.6) is 0 Å². The molecule has 1 heterocycles. The third-order valence-electron chi connectivity index (χ3n) is 1.17. The number of esters is 1. The van der Waals surface area contributed by atoms with E-state index in [4.69, 9.17) is 0 Å². The number of hydrogen-bond acceptors (Lipinski definition) is 5. The molecule has 1 rings (SSSR count). The summed E-state index contributed by atoms with van der Waals surface area (Å²) in [5.41, 5.74) is 0. The van der Waals surface area contributed by atoms with Crippen molar-refractivity contribution in [3.05, 3.63) is 12.3 Å². The van der Waals surface area contributed by atoms with Gasteiger partial charge in [0.05, 0.1) is 6.20 Å². The topological polar surface area (TPSA) is 68.1 Å². The molecule has 1 aliphatic rings. The van der Waals surface area contributed by atoms with Crippen molar-refractivity contribution < 1.29 is 27.5 Å². The molecule has 1 atom stereocenters. The van der Waals surface area contributed by atoms with Gasteiger partial charge < -0.3 is 4.74 Å². The lowest BCUT2D eigenvalue weighted by molar-refractivity contribution is -0.204. The lowest BCUT2D eigenvalue weighted by atomic mass is 10.3. The van der Waals surface area contributed by atoms with Gasteiger partial charge in [0.25, 0.3) is 6.23 Å². The summed E-state index contributed by atoms with van der Waals surface area (Å²) in [6.07, 6.45) is -5.12. The van der Waals surface area contributed by atoms with Crippen molar-refractivity contribution in [2.24, 2.45) is 10.2 Å². The van der Waals surface area contributed by atoms with Crippen molar-refractivity contribution in [2.75, 3.05) is 0 Å². The summed E-state index contributed by atoms with van der Waals surface area (Å²) in [5, 5.41) is 6.13. The van der Waals surface area contributed by atoms with Gasteiger partial charge in [0.15, 0.2) is 0 Å². The molecular formula is C6H3F3N2O3. The molecule has 1 unspecified atom stereocenters. The zero-order chi connectivity index (χ0) is 10.8. The average Bonchev–Trinajstić information content (AvgIpc) is 2.07. The van der Waals surface area contributed by atoms with Gasteiger partial charge >= 0.3 is 12.1 Å². The number of nitrogens with zero attached hydrogens (tertiary/aromatic N) is 2.